The molecule has 0 fully saturated rings. The molecule has 1 aromatic carbocycles. The summed E-state index contributed by atoms with van der Waals surface area (Å²) in [4.78, 5) is 4.15. The molecule has 0 amide bonds. The molecule has 2 aromatic rings. The minimum absolute atomic E-state index is 0.282. The van der Waals surface area contributed by atoms with Gasteiger partial charge in [-0.05, 0) is 42.3 Å². The van der Waals surface area contributed by atoms with E-state index < -0.39 is 0 Å². The van der Waals surface area contributed by atoms with Crippen LogP contribution < -0.4 is 5.32 Å². The Morgan fingerprint density at radius 1 is 1.24 bits per heavy atom. The van der Waals surface area contributed by atoms with E-state index in [-0.39, 0.29) is 6.04 Å². The van der Waals surface area contributed by atoms with Gasteiger partial charge < -0.3 is 5.32 Å². The Morgan fingerprint density at radius 3 is 2.59 bits per heavy atom. The Hall–Kier alpha value is -1.54. The fourth-order valence-electron chi connectivity index (χ4n) is 1.75. The number of hydrogen-bond acceptors (Lipinski definition) is 2. The van der Waals surface area contributed by atoms with Crippen LogP contribution in [-0.2, 0) is 0 Å². The first kappa shape index (κ1) is 11.9. The Kier molecular flexibility index (Phi) is 3.99. The monoisotopic (exact) mass is 246 g/mol. The number of halogens is 1. The summed E-state index contributed by atoms with van der Waals surface area (Å²) in [7, 11) is 0. The third-order valence-electron chi connectivity index (χ3n) is 2.68. The standard InChI is InChI=1S/C14H15ClN2/c1-2-14(11-4-3-9-16-10-11)17-13-7-5-12(15)6-8-13/h3-10,14,17H,2H2,1H3. The van der Waals surface area contributed by atoms with Gasteiger partial charge >= 0.3 is 0 Å². The van der Waals surface area contributed by atoms with Gasteiger partial charge in [0.05, 0.1) is 6.04 Å². The molecule has 0 spiro atoms. The van der Waals surface area contributed by atoms with Gasteiger partial charge in [-0.2, -0.15) is 0 Å². The number of rotatable bonds is 4. The van der Waals surface area contributed by atoms with Crippen molar-refractivity contribution in [3.8, 4) is 0 Å². The van der Waals surface area contributed by atoms with E-state index in [2.05, 4.69) is 23.3 Å². The second-order valence-electron chi connectivity index (χ2n) is 3.90. The lowest BCUT2D eigenvalue weighted by Crippen LogP contribution is -2.09. The largest absolute Gasteiger partial charge is 0.378 e. The maximum atomic E-state index is 5.86. The number of pyridine rings is 1. The smallest absolute Gasteiger partial charge is 0.0526 e. The van der Waals surface area contributed by atoms with E-state index in [4.69, 9.17) is 11.6 Å². The van der Waals surface area contributed by atoms with E-state index in [1.165, 1.54) is 5.56 Å². The molecule has 1 N–H and O–H groups in total. The average molecular weight is 247 g/mol. The van der Waals surface area contributed by atoms with Crippen LogP contribution in [0.25, 0.3) is 0 Å². The normalized spacial score (nSPS) is 12.1. The maximum Gasteiger partial charge on any atom is 0.0526 e. The Labute approximate surface area is 107 Å². The maximum absolute atomic E-state index is 5.86. The van der Waals surface area contributed by atoms with Gasteiger partial charge in [0.2, 0.25) is 0 Å². The fourth-order valence-corrected chi connectivity index (χ4v) is 1.88. The zero-order valence-electron chi connectivity index (χ0n) is 9.73. The zero-order valence-corrected chi connectivity index (χ0v) is 10.5. The molecule has 1 unspecified atom stereocenters. The first-order valence-corrected chi connectivity index (χ1v) is 6.09. The molecule has 1 heterocycles. The summed E-state index contributed by atoms with van der Waals surface area (Å²) in [6, 6.07) is 12.1. The molecular weight excluding hydrogens is 232 g/mol. The Bertz CT molecular complexity index is 453. The topological polar surface area (TPSA) is 24.9 Å². The van der Waals surface area contributed by atoms with Crippen LogP contribution in [0.15, 0.2) is 48.8 Å². The number of nitrogens with one attached hydrogen (secondary N) is 1. The zero-order chi connectivity index (χ0) is 12.1. The van der Waals surface area contributed by atoms with Gasteiger partial charge in [-0.3, -0.25) is 4.98 Å². The van der Waals surface area contributed by atoms with E-state index in [1.54, 1.807) is 6.20 Å². The summed E-state index contributed by atoms with van der Waals surface area (Å²) in [5.41, 5.74) is 2.27. The molecule has 0 bridgehead atoms. The van der Waals surface area contributed by atoms with E-state index >= 15 is 0 Å². The van der Waals surface area contributed by atoms with Crippen LogP contribution in [0.2, 0.25) is 5.02 Å². The summed E-state index contributed by atoms with van der Waals surface area (Å²) in [6.07, 6.45) is 4.70. The molecule has 1 aromatic heterocycles. The predicted octanol–water partition coefficient (Wildman–Crippen LogP) is 4.30. The Morgan fingerprint density at radius 2 is 2.00 bits per heavy atom. The minimum Gasteiger partial charge on any atom is -0.378 e. The van der Waals surface area contributed by atoms with Crippen LogP contribution in [0, 0.1) is 0 Å². The van der Waals surface area contributed by atoms with Gasteiger partial charge in [-0.15, -0.1) is 0 Å². The molecule has 2 nitrogen and oxygen atoms in total. The molecule has 0 aliphatic heterocycles. The van der Waals surface area contributed by atoms with Crippen molar-refractivity contribution >= 4 is 17.3 Å². The van der Waals surface area contributed by atoms with Crippen LogP contribution in [0.3, 0.4) is 0 Å². The fraction of sp³-hybridized carbons (Fsp3) is 0.214. The number of benzene rings is 1. The van der Waals surface area contributed by atoms with Crippen molar-refractivity contribution in [1.29, 1.82) is 0 Å². The molecule has 0 saturated heterocycles. The predicted molar refractivity (Wildman–Crippen MR) is 72.3 cm³/mol. The van der Waals surface area contributed by atoms with E-state index in [9.17, 15) is 0 Å². The molecule has 1 atom stereocenters. The highest BCUT2D eigenvalue weighted by Crippen LogP contribution is 2.22. The molecule has 0 saturated carbocycles. The number of nitrogens with zero attached hydrogens (tertiary/aromatic N) is 1. The summed E-state index contributed by atoms with van der Waals surface area (Å²) >= 11 is 5.86. The second kappa shape index (κ2) is 5.69. The summed E-state index contributed by atoms with van der Waals surface area (Å²) < 4.78 is 0. The van der Waals surface area contributed by atoms with Crippen LogP contribution in [-0.4, -0.2) is 4.98 Å². The van der Waals surface area contributed by atoms with Gasteiger partial charge in [-0.1, -0.05) is 24.6 Å². The van der Waals surface area contributed by atoms with Crippen molar-refractivity contribution in [2.75, 3.05) is 5.32 Å². The van der Waals surface area contributed by atoms with E-state index in [0.29, 0.717) is 0 Å². The van der Waals surface area contributed by atoms with Gasteiger partial charge in [0.25, 0.3) is 0 Å². The lowest BCUT2D eigenvalue weighted by Gasteiger charge is -2.18. The molecule has 0 aliphatic carbocycles. The van der Waals surface area contributed by atoms with Crippen molar-refractivity contribution in [2.45, 2.75) is 19.4 Å². The van der Waals surface area contributed by atoms with Crippen molar-refractivity contribution in [3.63, 3.8) is 0 Å². The van der Waals surface area contributed by atoms with E-state index in [0.717, 1.165) is 17.1 Å². The molecule has 88 valence electrons. The van der Waals surface area contributed by atoms with Crippen LogP contribution in [0.5, 0.6) is 0 Å². The number of aromatic nitrogens is 1. The highest BCUT2D eigenvalue weighted by molar-refractivity contribution is 6.30. The molecule has 2 rings (SSSR count). The lowest BCUT2D eigenvalue weighted by atomic mass is 10.1. The summed E-state index contributed by atoms with van der Waals surface area (Å²) in [6.45, 7) is 2.15. The lowest BCUT2D eigenvalue weighted by molar-refractivity contribution is 0.745. The average Bonchev–Trinajstić information content (AvgIpc) is 2.39. The van der Waals surface area contributed by atoms with Crippen molar-refractivity contribution in [2.24, 2.45) is 0 Å². The van der Waals surface area contributed by atoms with Gasteiger partial charge in [-0.25, -0.2) is 0 Å². The van der Waals surface area contributed by atoms with Gasteiger partial charge in [0, 0.05) is 23.1 Å². The second-order valence-corrected chi connectivity index (χ2v) is 4.33. The van der Waals surface area contributed by atoms with Crippen molar-refractivity contribution < 1.29 is 0 Å². The van der Waals surface area contributed by atoms with Crippen molar-refractivity contribution in [1.82, 2.24) is 4.98 Å². The Balaban J connectivity index is 2.13. The molecule has 0 radical (unpaired) electrons. The molecule has 3 heteroatoms. The van der Waals surface area contributed by atoms with E-state index in [1.807, 2.05) is 36.5 Å². The quantitative estimate of drug-likeness (QED) is 0.870. The molecular formula is C14H15ClN2. The third kappa shape index (κ3) is 3.21. The SMILES string of the molecule is CCC(Nc1ccc(Cl)cc1)c1cccnc1. The van der Waals surface area contributed by atoms with Crippen molar-refractivity contribution in [3.05, 3.63) is 59.4 Å². The number of hydrogen-bond donors (Lipinski definition) is 1. The first-order valence-electron chi connectivity index (χ1n) is 5.71. The summed E-state index contributed by atoms with van der Waals surface area (Å²) in [5, 5.41) is 4.23. The third-order valence-corrected chi connectivity index (χ3v) is 2.93. The minimum atomic E-state index is 0.282. The molecule has 17 heavy (non-hydrogen) atoms. The van der Waals surface area contributed by atoms with Gasteiger partial charge in [0.15, 0.2) is 0 Å². The summed E-state index contributed by atoms with van der Waals surface area (Å²) in [5.74, 6) is 0. The highest BCUT2D eigenvalue weighted by Gasteiger charge is 2.08. The van der Waals surface area contributed by atoms with Crippen LogP contribution in [0.1, 0.15) is 24.9 Å². The highest BCUT2D eigenvalue weighted by atomic mass is 35.5. The molecule has 0 aliphatic rings. The number of anilines is 1. The van der Waals surface area contributed by atoms with Crippen LogP contribution in [0.4, 0.5) is 5.69 Å². The first-order chi connectivity index (χ1) is 8.29. The van der Waals surface area contributed by atoms with Crippen LogP contribution >= 0.6 is 11.6 Å². The van der Waals surface area contributed by atoms with Gasteiger partial charge in [0.1, 0.15) is 0 Å².